The molecule has 0 saturated heterocycles. The van der Waals surface area contributed by atoms with Crippen LogP contribution in [0.25, 0.3) is 0 Å². The average Bonchev–Trinajstić information content (AvgIpc) is 2.73. The van der Waals surface area contributed by atoms with Gasteiger partial charge in [0.2, 0.25) is 0 Å². The fourth-order valence-electron chi connectivity index (χ4n) is 2.33. The van der Waals surface area contributed by atoms with Gasteiger partial charge in [-0.25, -0.2) is 0 Å². The van der Waals surface area contributed by atoms with Crippen LogP contribution in [0.3, 0.4) is 0 Å². The van der Waals surface area contributed by atoms with Crippen molar-refractivity contribution in [1.29, 1.82) is 0 Å². The van der Waals surface area contributed by atoms with Crippen LogP contribution in [0.1, 0.15) is 31.2 Å². The standard InChI is InChI=1S/C14H18O2/c1-16-13-9-6-11(7-10-13)5-8-12-3-2-4-14(12)15/h6-7,9-10,12H,2-5,8H2,1H3. The molecule has 1 atom stereocenters. The highest BCUT2D eigenvalue weighted by atomic mass is 16.5. The van der Waals surface area contributed by atoms with E-state index in [-0.39, 0.29) is 0 Å². The van der Waals surface area contributed by atoms with Gasteiger partial charge in [-0.1, -0.05) is 12.1 Å². The average molecular weight is 218 g/mol. The summed E-state index contributed by atoms with van der Waals surface area (Å²) in [7, 11) is 1.67. The maximum Gasteiger partial charge on any atom is 0.135 e. The van der Waals surface area contributed by atoms with Gasteiger partial charge < -0.3 is 4.74 Å². The molecule has 0 bridgehead atoms. The minimum absolute atomic E-state index is 0.321. The molecule has 0 spiro atoms. The quantitative estimate of drug-likeness (QED) is 0.776. The second-order valence-corrected chi connectivity index (χ2v) is 4.44. The molecule has 1 aliphatic rings. The van der Waals surface area contributed by atoms with Gasteiger partial charge in [-0.05, 0) is 43.4 Å². The van der Waals surface area contributed by atoms with Crippen molar-refractivity contribution in [2.45, 2.75) is 32.1 Å². The fourth-order valence-corrected chi connectivity index (χ4v) is 2.33. The smallest absolute Gasteiger partial charge is 0.135 e. The molecule has 1 unspecified atom stereocenters. The van der Waals surface area contributed by atoms with E-state index in [9.17, 15) is 4.79 Å². The van der Waals surface area contributed by atoms with Gasteiger partial charge in [0.05, 0.1) is 7.11 Å². The van der Waals surface area contributed by atoms with Gasteiger partial charge in [-0.15, -0.1) is 0 Å². The first-order valence-electron chi connectivity index (χ1n) is 5.95. The van der Waals surface area contributed by atoms with Crippen LogP contribution in [0.5, 0.6) is 5.75 Å². The summed E-state index contributed by atoms with van der Waals surface area (Å²) in [6.07, 6.45) is 4.99. The summed E-state index contributed by atoms with van der Waals surface area (Å²) in [5, 5.41) is 0. The predicted molar refractivity (Wildman–Crippen MR) is 63.7 cm³/mol. The molecular weight excluding hydrogens is 200 g/mol. The molecule has 0 aromatic heterocycles. The molecule has 2 nitrogen and oxygen atoms in total. The minimum Gasteiger partial charge on any atom is -0.497 e. The number of aryl methyl sites for hydroxylation is 1. The molecule has 2 rings (SSSR count). The number of Topliss-reactive ketones (excluding diaryl/α,β-unsaturated/α-hetero) is 1. The molecule has 1 aromatic rings. The number of hydrogen-bond acceptors (Lipinski definition) is 2. The monoisotopic (exact) mass is 218 g/mol. The van der Waals surface area contributed by atoms with Crippen molar-refractivity contribution in [3.63, 3.8) is 0 Å². The van der Waals surface area contributed by atoms with E-state index in [1.54, 1.807) is 7.11 Å². The number of carbonyl (C=O) groups excluding carboxylic acids is 1. The SMILES string of the molecule is COc1ccc(CCC2CCCC2=O)cc1. The van der Waals surface area contributed by atoms with Crippen LogP contribution >= 0.6 is 0 Å². The first-order chi connectivity index (χ1) is 7.79. The van der Waals surface area contributed by atoms with Crippen molar-refractivity contribution in [2.75, 3.05) is 7.11 Å². The Labute approximate surface area is 96.6 Å². The van der Waals surface area contributed by atoms with E-state index in [1.807, 2.05) is 12.1 Å². The number of rotatable bonds is 4. The highest BCUT2D eigenvalue weighted by Crippen LogP contribution is 2.26. The fraction of sp³-hybridized carbons (Fsp3) is 0.500. The van der Waals surface area contributed by atoms with Crippen molar-refractivity contribution in [3.05, 3.63) is 29.8 Å². The molecule has 1 aliphatic carbocycles. The number of ketones is 1. The Morgan fingerprint density at radius 3 is 2.62 bits per heavy atom. The molecule has 0 N–H and O–H groups in total. The van der Waals surface area contributed by atoms with Crippen LogP contribution in [0.15, 0.2) is 24.3 Å². The molecule has 16 heavy (non-hydrogen) atoms. The molecule has 0 aliphatic heterocycles. The highest BCUT2D eigenvalue weighted by Gasteiger charge is 2.23. The molecule has 0 heterocycles. The van der Waals surface area contributed by atoms with Gasteiger partial charge in [0, 0.05) is 12.3 Å². The molecule has 0 amide bonds. The third kappa shape index (κ3) is 2.63. The molecule has 2 heteroatoms. The van der Waals surface area contributed by atoms with Crippen LogP contribution in [0.2, 0.25) is 0 Å². The number of carbonyl (C=O) groups is 1. The summed E-state index contributed by atoms with van der Waals surface area (Å²) >= 11 is 0. The lowest BCUT2D eigenvalue weighted by atomic mass is 9.97. The Hall–Kier alpha value is -1.31. The number of ether oxygens (including phenoxy) is 1. The van der Waals surface area contributed by atoms with Gasteiger partial charge in [0.25, 0.3) is 0 Å². The number of methoxy groups -OCH3 is 1. The molecule has 1 fully saturated rings. The van der Waals surface area contributed by atoms with E-state index in [4.69, 9.17) is 4.74 Å². The van der Waals surface area contributed by atoms with Crippen LogP contribution < -0.4 is 4.74 Å². The Balaban J connectivity index is 1.86. The van der Waals surface area contributed by atoms with Gasteiger partial charge in [0.15, 0.2) is 0 Å². The lowest BCUT2D eigenvalue weighted by Gasteiger charge is -2.08. The van der Waals surface area contributed by atoms with Crippen LogP contribution in [-0.4, -0.2) is 12.9 Å². The van der Waals surface area contributed by atoms with E-state index in [0.29, 0.717) is 11.7 Å². The molecule has 1 aromatic carbocycles. The Morgan fingerprint density at radius 1 is 1.31 bits per heavy atom. The second-order valence-electron chi connectivity index (χ2n) is 4.44. The normalized spacial score (nSPS) is 20.1. The van der Waals surface area contributed by atoms with Crippen molar-refractivity contribution in [2.24, 2.45) is 5.92 Å². The molecule has 1 saturated carbocycles. The van der Waals surface area contributed by atoms with Gasteiger partial charge in [0.1, 0.15) is 11.5 Å². The summed E-state index contributed by atoms with van der Waals surface area (Å²) in [5.41, 5.74) is 1.29. The first kappa shape index (κ1) is 11.2. The van der Waals surface area contributed by atoms with Crippen LogP contribution in [-0.2, 0) is 11.2 Å². The maximum atomic E-state index is 11.5. The van der Waals surface area contributed by atoms with Crippen LogP contribution in [0, 0.1) is 5.92 Å². The van der Waals surface area contributed by atoms with E-state index in [2.05, 4.69) is 12.1 Å². The third-order valence-electron chi connectivity index (χ3n) is 3.37. The van der Waals surface area contributed by atoms with E-state index < -0.39 is 0 Å². The van der Waals surface area contributed by atoms with E-state index in [0.717, 1.165) is 37.9 Å². The zero-order valence-electron chi connectivity index (χ0n) is 9.74. The largest absolute Gasteiger partial charge is 0.497 e. The molecule has 86 valence electrons. The maximum absolute atomic E-state index is 11.5. The lowest BCUT2D eigenvalue weighted by molar-refractivity contribution is -0.120. The second kappa shape index (κ2) is 5.15. The van der Waals surface area contributed by atoms with Crippen molar-refractivity contribution < 1.29 is 9.53 Å². The zero-order valence-corrected chi connectivity index (χ0v) is 9.74. The third-order valence-corrected chi connectivity index (χ3v) is 3.37. The summed E-state index contributed by atoms with van der Waals surface area (Å²) in [4.78, 5) is 11.5. The van der Waals surface area contributed by atoms with Crippen LogP contribution in [0.4, 0.5) is 0 Å². The number of benzene rings is 1. The topological polar surface area (TPSA) is 26.3 Å². The predicted octanol–water partition coefficient (Wildman–Crippen LogP) is 3.00. The minimum atomic E-state index is 0.321. The summed E-state index contributed by atoms with van der Waals surface area (Å²) in [6.45, 7) is 0. The lowest BCUT2D eigenvalue weighted by Crippen LogP contribution is -2.07. The van der Waals surface area contributed by atoms with E-state index in [1.165, 1.54) is 5.56 Å². The molecule has 0 radical (unpaired) electrons. The van der Waals surface area contributed by atoms with E-state index >= 15 is 0 Å². The Kier molecular flexibility index (Phi) is 3.60. The van der Waals surface area contributed by atoms with Crippen molar-refractivity contribution in [3.8, 4) is 5.75 Å². The zero-order chi connectivity index (χ0) is 11.4. The summed E-state index contributed by atoms with van der Waals surface area (Å²) in [5.74, 6) is 1.68. The van der Waals surface area contributed by atoms with Gasteiger partial charge in [-0.3, -0.25) is 4.79 Å². The van der Waals surface area contributed by atoms with Gasteiger partial charge >= 0.3 is 0 Å². The molecular formula is C14H18O2. The van der Waals surface area contributed by atoms with Gasteiger partial charge in [-0.2, -0.15) is 0 Å². The van der Waals surface area contributed by atoms with Crippen molar-refractivity contribution in [1.82, 2.24) is 0 Å². The highest BCUT2D eigenvalue weighted by molar-refractivity contribution is 5.82. The number of hydrogen-bond donors (Lipinski definition) is 0. The van der Waals surface area contributed by atoms with Crippen molar-refractivity contribution >= 4 is 5.78 Å². The summed E-state index contributed by atoms with van der Waals surface area (Å²) < 4.78 is 5.11. The Morgan fingerprint density at radius 2 is 2.06 bits per heavy atom. The Bertz CT molecular complexity index is 354. The first-order valence-corrected chi connectivity index (χ1v) is 5.95. The summed E-state index contributed by atoms with van der Waals surface area (Å²) in [6, 6.07) is 8.12.